The fraction of sp³-hybridized carbons (Fsp3) is 0.462. The molecule has 84 valence electrons. The van der Waals surface area contributed by atoms with Gasteiger partial charge in [-0.05, 0) is 24.8 Å². The predicted molar refractivity (Wildman–Crippen MR) is 69.9 cm³/mol. The molecule has 0 bridgehead atoms. The fourth-order valence-electron chi connectivity index (χ4n) is 2.03. The number of amidine groups is 1. The van der Waals surface area contributed by atoms with Crippen LogP contribution in [0.1, 0.15) is 30.9 Å². The number of aliphatic imine (C=N–C) groups is 1. The summed E-state index contributed by atoms with van der Waals surface area (Å²) in [6, 6.07) is 11.6. The second-order valence-corrected chi connectivity index (χ2v) is 5.45. The highest BCUT2D eigenvalue weighted by atomic mass is 32.2. The fourth-order valence-corrected chi connectivity index (χ4v) is 3.06. The van der Waals surface area contributed by atoms with Crippen LogP contribution in [0.2, 0.25) is 0 Å². The van der Waals surface area contributed by atoms with Crippen molar-refractivity contribution in [3.63, 3.8) is 0 Å². The van der Waals surface area contributed by atoms with Gasteiger partial charge in [-0.2, -0.15) is 0 Å². The number of hydrogen-bond acceptors (Lipinski definition) is 3. The third-order valence-electron chi connectivity index (χ3n) is 3.27. The molecule has 1 unspecified atom stereocenters. The van der Waals surface area contributed by atoms with Crippen molar-refractivity contribution in [2.75, 3.05) is 5.75 Å². The van der Waals surface area contributed by atoms with Crippen molar-refractivity contribution >= 4 is 16.9 Å². The highest BCUT2D eigenvalue weighted by Gasteiger charge is 2.24. The standard InChI is InChI=1S/C13H16N2S/c1-2-5-10(6-3-1)12-9-16-13(15-12)14-11-7-4-8-11/h1-3,5-6,11-12H,4,7-9H2,(H,14,15). The van der Waals surface area contributed by atoms with Crippen LogP contribution >= 0.6 is 11.8 Å². The van der Waals surface area contributed by atoms with E-state index in [4.69, 9.17) is 4.99 Å². The molecule has 1 aliphatic carbocycles. The average Bonchev–Trinajstić information content (AvgIpc) is 2.73. The van der Waals surface area contributed by atoms with Crippen LogP contribution in [-0.2, 0) is 0 Å². The van der Waals surface area contributed by atoms with Crippen LogP contribution in [0.3, 0.4) is 0 Å². The Labute approximate surface area is 101 Å². The molecule has 3 heteroatoms. The summed E-state index contributed by atoms with van der Waals surface area (Å²) in [5.41, 5.74) is 1.33. The minimum Gasteiger partial charge on any atom is -0.362 e. The molecule has 1 fully saturated rings. The van der Waals surface area contributed by atoms with Gasteiger partial charge in [0.05, 0.1) is 6.04 Å². The zero-order valence-corrected chi connectivity index (χ0v) is 10.0. The summed E-state index contributed by atoms with van der Waals surface area (Å²) >= 11 is 1.86. The quantitative estimate of drug-likeness (QED) is 0.847. The number of thioether (sulfide) groups is 1. The Morgan fingerprint density at radius 3 is 2.69 bits per heavy atom. The molecular weight excluding hydrogens is 216 g/mol. The molecule has 2 aliphatic rings. The van der Waals surface area contributed by atoms with Crippen LogP contribution in [0.25, 0.3) is 0 Å². The van der Waals surface area contributed by atoms with E-state index in [2.05, 4.69) is 35.6 Å². The summed E-state index contributed by atoms with van der Waals surface area (Å²) in [5.74, 6) is 1.08. The van der Waals surface area contributed by atoms with E-state index in [1.807, 2.05) is 11.8 Å². The maximum Gasteiger partial charge on any atom is 0.157 e. The minimum absolute atomic E-state index is 0.355. The van der Waals surface area contributed by atoms with Gasteiger partial charge in [-0.25, -0.2) is 0 Å². The van der Waals surface area contributed by atoms with Gasteiger partial charge in [-0.1, -0.05) is 42.1 Å². The molecule has 1 aromatic rings. The van der Waals surface area contributed by atoms with E-state index in [9.17, 15) is 0 Å². The summed E-state index contributed by atoms with van der Waals surface area (Å²) in [6.07, 6.45) is 4.00. The zero-order chi connectivity index (χ0) is 10.8. The number of benzene rings is 1. The van der Waals surface area contributed by atoms with Crippen molar-refractivity contribution in [1.29, 1.82) is 0 Å². The Hall–Kier alpha value is -0.960. The van der Waals surface area contributed by atoms with Crippen molar-refractivity contribution in [2.24, 2.45) is 4.99 Å². The van der Waals surface area contributed by atoms with Crippen molar-refractivity contribution in [3.05, 3.63) is 35.9 Å². The van der Waals surface area contributed by atoms with Crippen molar-refractivity contribution in [2.45, 2.75) is 31.3 Å². The lowest BCUT2D eigenvalue weighted by Crippen LogP contribution is -2.37. The van der Waals surface area contributed by atoms with Gasteiger partial charge in [0, 0.05) is 11.8 Å². The third-order valence-corrected chi connectivity index (χ3v) is 4.25. The first-order chi connectivity index (χ1) is 7.92. The van der Waals surface area contributed by atoms with E-state index < -0.39 is 0 Å². The van der Waals surface area contributed by atoms with Gasteiger partial charge in [-0.3, -0.25) is 4.99 Å². The molecule has 0 amide bonds. The average molecular weight is 232 g/mol. The van der Waals surface area contributed by atoms with Gasteiger partial charge in [0.1, 0.15) is 0 Å². The Morgan fingerprint density at radius 2 is 2.00 bits per heavy atom. The summed E-state index contributed by atoms with van der Waals surface area (Å²) < 4.78 is 0. The van der Waals surface area contributed by atoms with Gasteiger partial charge in [0.2, 0.25) is 0 Å². The molecule has 3 rings (SSSR count). The first-order valence-electron chi connectivity index (χ1n) is 5.94. The molecule has 1 aliphatic heterocycles. The Kier molecular flexibility index (Phi) is 2.87. The second-order valence-electron chi connectivity index (χ2n) is 4.44. The van der Waals surface area contributed by atoms with E-state index in [1.165, 1.54) is 24.8 Å². The number of nitrogens with zero attached hydrogens (tertiary/aromatic N) is 1. The Morgan fingerprint density at radius 1 is 1.19 bits per heavy atom. The lowest BCUT2D eigenvalue weighted by Gasteiger charge is -2.26. The number of rotatable bonds is 2. The van der Waals surface area contributed by atoms with Gasteiger partial charge in [-0.15, -0.1) is 0 Å². The van der Waals surface area contributed by atoms with Gasteiger partial charge in [0.25, 0.3) is 0 Å². The zero-order valence-electron chi connectivity index (χ0n) is 9.23. The monoisotopic (exact) mass is 232 g/mol. The second kappa shape index (κ2) is 4.50. The smallest absolute Gasteiger partial charge is 0.157 e. The first-order valence-corrected chi connectivity index (χ1v) is 6.92. The van der Waals surface area contributed by atoms with Crippen LogP contribution in [0.15, 0.2) is 35.3 Å². The van der Waals surface area contributed by atoms with Crippen molar-refractivity contribution < 1.29 is 0 Å². The van der Waals surface area contributed by atoms with E-state index in [1.54, 1.807) is 0 Å². The van der Waals surface area contributed by atoms with Crippen LogP contribution in [0, 0.1) is 0 Å². The van der Waals surface area contributed by atoms with Crippen LogP contribution in [0.5, 0.6) is 0 Å². The lowest BCUT2D eigenvalue weighted by atomic mass is 9.93. The Bertz CT molecular complexity index is 384. The molecule has 2 nitrogen and oxygen atoms in total. The largest absolute Gasteiger partial charge is 0.362 e. The highest BCUT2D eigenvalue weighted by molar-refractivity contribution is 8.14. The van der Waals surface area contributed by atoms with E-state index in [-0.39, 0.29) is 0 Å². The van der Waals surface area contributed by atoms with Crippen LogP contribution < -0.4 is 5.32 Å². The molecule has 1 saturated carbocycles. The van der Waals surface area contributed by atoms with Gasteiger partial charge >= 0.3 is 0 Å². The van der Waals surface area contributed by atoms with Crippen molar-refractivity contribution in [3.8, 4) is 0 Å². The Balaban J connectivity index is 1.66. The van der Waals surface area contributed by atoms with Crippen molar-refractivity contribution in [1.82, 2.24) is 5.32 Å². The minimum atomic E-state index is 0.355. The predicted octanol–water partition coefficient (Wildman–Crippen LogP) is 2.97. The molecule has 16 heavy (non-hydrogen) atoms. The van der Waals surface area contributed by atoms with Gasteiger partial charge < -0.3 is 5.32 Å². The molecule has 1 heterocycles. The molecule has 1 atom stereocenters. The summed E-state index contributed by atoms with van der Waals surface area (Å²) in [4.78, 5) is 4.75. The molecule has 0 aromatic heterocycles. The maximum atomic E-state index is 4.75. The summed E-state index contributed by atoms with van der Waals surface area (Å²) in [7, 11) is 0. The third kappa shape index (κ3) is 2.09. The van der Waals surface area contributed by atoms with Crippen LogP contribution in [-0.4, -0.2) is 17.0 Å². The van der Waals surface area contributed by atoms with E-state index in [0.717, 1.165) is 10.9 Å². The SMILES string of the molecule is c1ccc(C2CSC(NC3CCC3)=N2)cc1. The van der Waals surface area contributed by atoms with Crippen LogP contribution in [0.4, 0.5) is 0 Å². The molecule has 1 N–H and O–H groups in total. The molecular formula is C13H16N2S. The molecule has 0 spiro atoms. The maximum absolute atomic E-state index is 4.75. The molecule has 1 aromatic carbocycles. The van der Waals surface area contributed by atoms with Gasteiger partial charge in [0.15, 0.2) is 5.17 Å². The first kappa shape index (κ1) is 10.2. The summed E-state index contributed by atoms with van der Waals surface area (Å²) in [6.45, 7) is 0. The number of hydrogen-bond donors (Lipinski definition) is 1. The molecule has 0 radical (unpaired) electrons. The van der Waals surface area contributed by atoms with E-state index >= 15 is 0 Å². The molecule has 0 saturated heterocycles. The lowest BCUT2D eigenvalue weighted by molar-refractivity contribution is 0.385. The topological polar surface area (TPSA) is 24.4 Å². The van der Waals surface area contributed by atoms with E-state index in [0.29, 0.717) is 12.1 Å². The summed E-state index contributed by atoms with van der Waals surface area (Å²) in [5, 5.41) is 4.68. The highest BCUT2D eigenvalue weighted by Crippen LogP contribution is 2.30. The normalized spacial score (nSPS) is 25.0. The number of nitrogens with one attached hydrogen (secondary N) is 1.